The van der Waals surface area contributed by atoms with Crippen LogP contribution >= 0.6 is 12.6 Å². The second kappa shape index (κ2) is 7.92. The lowest BCUT2D eigenvalue weighted by atomic mass is 9.88. The number of rotatable bonds is 6. The molecular formula is C14H22N6O6S. The van der Waals surface area contributed by atoms with Gasteiger partial charge in [-0.05, 0) is 12.2 Å². The first kappa shape index (κ1) is 21.3. The Hall–Kier alpha value is -2.03. The number of carboxylic acid groups (broad SMARTS) is 1. The lowest BCUT2D eigenvalue weighted by Gasteiger charge is -2.28. The zero-order valence-corrected chi connectivity index (χ0v) is 15.0. The number of thiol groups is 1. The van der Waals surface area contributed by atoms with E-state index in [-0.39, 0.29) is 29.9 Å². The molecule has 1 unspecified atom stereocenters. The zero-order chi connectivity index (χ0) is 19.1. The number of aliphatic hydroxyl groups is 2. The van der Waals surface area contributed by atoms with Crippen LogP contribution < -0.4 is 11.5 Å². The van der Waals surface area contributed by atoms with Gasteiger partial charge in [0, 0.05) is 6.42 Å². The number of fused-ring (bicyclic) bond motifs is 1. The van der Waals surface area contributed by atoms with E-state index in [1.165, 1.54) is 17.2 Å². The van der Waals surface area contributed by atoms with Crippen molar-refractivity contribution >= 4 is 35.6 Å². The quantitative estimate of drug-likeness (QED) is 0.284. The molecule has 0 aromatic carbocycles. The third kappa shape index (κ3) is 3.69. The molecule has 0 bridgehead atoms. The summed E-state index contributed by atoms with van der Waals surface area (Å²) < 4.78 is 7.14. The molecule has 27 heavy (non-hydrogen) atoms. The number of nitrogens with zero attached hydrogens (tertiary/aromatic N) is 4. The third-order valence-corrected chi connectivity index (χ3v) is 4.77. The Morgan fingerprint density at radius 2 is 2.04 bits per heavy atom. The van der Waals surface area contributed by atoms with Crippen LogP contribution in [0, 0.1) is 0 Å². The van der Waals surface area contributed by atoms with E-state index >= 15 is 0 Å². The molecule has 1 aliphatic heterocycles. The van der Waals surface area contributed by atoms with Crippen molar-refractivity contribution in [2.75, 3.05) is 11.5 Å². The summed E-state index contributed by atoms with van der Waals surface area (Å²) in [6.45, 7) is 0. The molecule has 13 heteroatoms. The minimum absolute atomic E-state index is 0. The van der Waals surface area contributed by atoms with Crippen molar-refractivity contribution in [2.45, 2.75) is 42.9 Å². The van der Waals surface area contributed by atoms with Crippen LogP contribution in [0.2, 0.25) is 0 Å². The smallest absolute Gasteiger partial charge is 0.323 e. The first-order valence-corrected chi connectivity index (χ1v) is 8.49. The standard InChI is InChI=1S/C14H20N6O5S.H2O/c15-10-7-11(18-4-17-10)20(5-19-7)12-9(22)8(21)6(25-12)3-14(16,1-2-26)13(23)24;/h4-6,8-9,12,21-22,26H,1-3,16H2,(H,23,24)(H2,15,17,18);1H2/t6-,8-,9-,12-,14?;/m1./s1. The van der Waals surface area contributed by atoms with Gasteiger partial charge in [0.25, 0.3) is 0 Å². The first-order valence-electron chi connectivity index (χ1n) is 7.86. The Morgan fingerprint density at radius 3 is 2.67 bits per heavy atom. The average Bonchev–Trinajstić information content (AvgIpc) is 3.12. The van der Waals surface area contributed by atoms with Crippen LogP contribution in [0.3, 0.4) is 0 Å². The number of anilines is 1. The fraction of sp³-hybridized carbons (Fsp3) is 0.571. The Morgan fingerprint density at radius 1 is 1.33 bits per heavy atom. The zero-order valence-electron chi connectivity index (χ0n) is 14.1. The van der Waals surface area contributed by atoms with Crippen molar-refractivity contribution in [3.8, 4) is 0 Å². The fourth-order valence-electron chi connectivity index (χ4n) is 3.04. The summed E-state index contributed by atoms with van der Waals surface area (Å²) in [5, 5.41) is 30.1. The number of nitrogen functional groups attached to an aromatic ring is 1. The molecule has 0 amide bonds. The van der Waals surface area contributed by atoms with E-state index in [0.717, 1.165) is 0 Å². The summed E-state index contributed by atoms with van der Waals surface area (Å²) in [4.78, 5) is 23.5. The van der Waals surface area contributed by atoms with E-state index in [0.29, 0.717) is 11.2 Å². The van der Waals surface area contributed by atoms with E-state index in [1.54, 1.807) is 0 Å². The molecule has 1 saturated heterocycles. The molecule has 2 aromatic heterocycles. The van der Waals surface area contributed by atoms with Gasteiger partial charge < -0.3 is 37.0 Å². The molecule has 1 fully saturated rings. The van der Waals surface area contributed by atoms with Gasteiger partial charge >= 0.3 is 5.97 Å². The molecule has 3 heterocycles. The minimum Gasteiger partial charge on any atom is -0.480 e. The topological polar surface area (TPSA) is 214 Å². The predicted octanol–water partition coefficient (Wildman–Crippen LogP) is -2.30. The van der Waals surface area contributed by atoms with E-state index < -0.39 is 36.0 Å². The van der Waals surface area contributed by atoms with Gasteiger partial charge in [0.1, 0.15) is 29.6 Å². The van der Waals surface area contributed by atoms with Crippen LogP contribution in [0.1, 0.15) is 19.1 Å². The van der Waals surface area contributed by atoms with Crippen molar-refractivity contribution in [3.63, 3.8) is 0 Å². The first-order chi connectivity index (χ1) is 12.3. The SMILES string of the molecule is Nc1ncnc2c1ncn2[C@@H]1O[C@H](CC(N)(CCS)C(=O)O)[C@@H](O)[C@H]1O.O. The van der Waals surface area contributed by atoms with Crippen LogP contribution in [0.5, 0.6) is 0 Å². The Bertz CT molecular complexity index is 820. The van der Waals surface area contributed by atoms with Crippen molar-refractivity contribution < 1.29 is 30.3 Å². The highest BCUT2D eigenvalue weighted by atomic mass is 32.1. The number of ether oxygens (including phenoxy) is 1. The lowest BCUT2D eigenvalue weighted by Crippen LogP contribution is -2.52. The van der Waals surface area contributed by atoms with Gasteiger partial charge in [0.05, 0.1) is 12.4 Å². The van der Waals surface area contributed by atoms with Gasteiger partial charge in [-0.25, -0.2) is 15.0 Å². The van der Waals surface area contributed by atoms with Crippen LogP contribution in [0.15, 0.2) is 12.7 Å². The van der Waals surface area contributed by atoms with Gasteiger partial charge in [0.15, 0.2) is 17.7 Å². The van der Waals surface area contributed by atoms with Crippen LogP contribution in [0.4, 0.5) is 5.82 Å². The highest BCUT2D eigenvalue weighted by molar-refractivity contribution is 7.80. The molecule has 1 aliphatic rings. The van der Waals surface area contributed by atoms with Crippen molar-refractivity contribution in [2.24, 2.45) is 5.73 Å². The van der Waals surface area contributed by atoms with Crippen LogP contribution in [0.25, 0.3) is 11.2 Å². The van der Waals surface area contributed by atoms with Gasteiger partial charge in [-0.3, -0.25) is 9.36 Å². The highest BCUT2D eigenvalue weighted by Gasteiger charge is 2.48. The second-order valence-electron chi connectivity index (χ2n) is 6.27. The monoisotopic (exact) mass is 402 g/mol. The van der Waals surface area contributed by atoms with Gasteiger partial charge in [-0.1, -0.05) is 0 Å². The molecular weight excluding hydrogens is 380 g/mol. The predicted molar refractivity (Wildman–Crippen MR) is 96.9 cm³/mol. The Labute approximate surface area is 158 Å². The number of nitrogens with two attached hydrogens (primary N) is 2. The summed E-state index contributed by atoms with van der Waals surface area (Å²) in [5.74, 6) is -0.812. The maximum atomic E-state index is 11.5. The summed E-state index contributed by atoms with van der Waals surface area (Å²) in [5.41, 5.74) is 10.7. The number of carbonyl (C=O) groups is 1. The van der Waals surface area contributed by atoms with Crippen LogP contribution in [-0.4, -0.2) is 75.9 Å². The molecule has 2 aromatic rings. The van der Waals surface area contributed by atoms with Gasteiger partial charge in [0.2, 0.25) is 0 Å². The lowest BCUT2D eigenvalue weighted by molar-refractivity contribution is -0.146. The van der Waals surface area contributed by atoms with E-state index in [9.17, 15) is 20.1 Å². The molecule has 0 saturated carbocycles. The highest BCUT2D eigenvalue weighted by Crippen LogP contribution is 2.35. The molecule has 5 atom stereocenters. The summed E-state index contributed by atoms with van der Waals surface area (Å²) in [6.07, 6.45) is -2.19. The average molecular weight is 402 g/mol. The Balaban J connectivity index is 0.00000261. The maximum absolute atomic E-state index is 11.5. The van der Waals surface area contributed by atoms with Gasteiger partial charge in [-0.15, -0.1) is 0 Å². The number of hydrogen-bond donors (Lipinski definition) is 6. The van der Waals surface area contributed by atoms with E-state index in [4.69, 9.17) is 16.2 Å². The molecule has 0 spiro atoms. The number of hydrogen-bond acceptors (Lipinski definition) is 10. The maximum Gasteiger partial charge on any atom is 0.323 e. The normalized spacial score (nSPS) is 27.3. The number of carboxylic acids is 1. The fourth-order valence-corrected chi connectivity index (χ4v) is 3.44. The largest absolute Gasteiger partial charge is 0.480 e. The molecule has 9 N–H and O–H groups in total. The summed E-state index contributed by atoms with van der Waals surface area (Å²) >= 11 is 4.03. The number of aromatic nitrogens is 4. The molecule has 0 radical (unpaired) electrons. The van der Waals surface area contributed by atoms with E-state index in [2.05, 4.69) is 27.6 Å². The molecule has 150 valence electrons. The number of aliphatic carboxylic acids is 1. The van der Waals surface area contributed by atoms with Crippen molar-refractivity contribution in [1.82, 2.24) is 19.5 Å². The van der Waals surface area contributed by atoms with Gasteiger partial charge in [-0.2, -0.15) is 12.6 Å². The summed E-state index contributed by atoms with van der Waals surface area (Å²) in [6, 6.07) is 0. The molecule has 3 rings (SSSR count). The van der Waals surface area contributed by atoms with E-state index in [1.807, 2.05) is 0 Å². The molecule has 0 aliphatic carbocycles. The number of imidazole rings is 1. The van der Waals surface area contributed by atoms with Crippen LogP contribution in [-0.2, 0) is 9.53 Å². The van der Waals surface area contributed by atoms with Crippen molar-refractivity contribution in [1.29, 1.82) is 0 Å². The minimum atomic E-state index is -1.63. The number of aliphatic hydroxyl groups excluding tert-OH is 2. The second-order valence-corrected chi connectivity index (χ2v) is 6.72. The Kier molecular flexibility index (Phi) is 6.24. The third-order valence-electron chi connectivity index (χ3n) is 4.55. The van der Waals surface area contributed by atoms with Crippen molar-refractivity contribution in [3.05, 3.63) is 12.7 Å². The molecule has 12 nitrogen and oxygen atoms in total. The summed E-state index contributed by atoms with van der Waals surface area (Å²) in [7, 11) is 0.